The van der Waals surface area contributed by atoms with Gasteiger partial charge >= 0.3 is 0 Å². The zero-order chi connectivity index (χ0) is 77.7. The predicted octanol–water partition coefficient (Wildman–Crippen LogP) is 28.2. The largest absolute Gasteiger partial charge is 0.309 e. The Kier molecular flexibility index (Phi) is 16.4. The number of thiophene rings is 1. The van der Waals surface area contributed by atoms with E-state index in [9.17, 15) is 0 Å². The maximum Gasteiger partial charge on any atom is 0.164 e. The third-order valence-corrected chi connectivity index (χ3v) is 24.5. The first kappa shape index (κ1) is 68.2. The molecule has 1 aliphatic rings. The summed E-state index contributed by atoms with van der Waals surface area (Å²) in [7, 11) is 0. The highest BCUT2D eigenvalue weighted by Gasteiger charge is 2.26. The first-order valence-electron chi connectivity index (χ1n) is 40.0. The number of benzene rings is 17. The van der Waals surface area contributed by atoms with E-state index in [1.54, 1.807) is 0 Å². The summed E-state index contributed by atoms with van der Waals surface area (Å²) in [6.45, 7) is 0. The Morgan fingerprint density at radius 2 is 0.500 bits per heavy atom. The third kappa shape index (κ3) is 12.1. The maximum atomic E-state index is 5.47. The smallest absolute Gasteiger partial charge is 0.164 e. The van der Waals surface area contributed by atoms with Gasteiger partial charge in [0.1, 0.15) is 0 Å². The van der Waals surface area contributed by atoms with Crippen LogP contribution in [-0.4, -0.2) is 39.0 Å². The van der Waals surface area contributed by atoms with Crippen LogP contribution >= 0.6 is 11.3 Å². The monoisotopic (exact) mass is 1520 g/mol. The van der Waals surface area contributed by atoms with Crippen molar-refractivity contribution in [2.45, 2.75) is 6.42 Å². The minimum absolute atomic E-state index is 0.579. The molecule has 0 saturated heterocycles. The van der Waals surface area contributed by atoms with E-state index in [0.29, 0.717) is 34.9 Å². The molecule has 0 spiro atoms. The Bertz CT molecular complexity index is 7650. The van der Waals surface area contributed by atoms with Crippen LogP contribution in [0.4, 0.5) is 0 Å². The van der Waals surface area contributed by atoms with Gasteiger partial charge in [0.15, 0.2) is 34.9 Å². The van der Waals surface area contributed by atoms with Crippen molar-refractivity contribution in [1.82, 2.24) is 39.0 Å². The molecule has 0 saturated carbocycles. The lowest BCUT2D eigenvalue weighted by molar-refractivity contribution is 1.07. The molecule has 0 unspecified atom stereocenters. The van der Waals surface area contributed by atoms with Crippen molar-refractivity contribution < 1.29 is 0 Å². The van der Waals surface area contributed by atoms with Gasteiger partial charge in [-0.2, -0.15) is 0 Å². The van der Waals surface area contributed by atoms with Gasteiger partial charge in [0.05, 0.1) is 22.1 Å². The molecule has 0 bridgehead atoms. The topological polar surface area (TPSA) is 87.2 Å². The average Bonchev–Trinajstić information content (AvgIpc) is 1.57. The number of hydrogen-bond donors (Lipinski definition) is 0. The van der Waals surface area contributed by atoms with Gasteiger partial charge in [-0.3, -0.25) is 0 Å². The van der Waals surface area contributed by atoms with Gasteiger partial charge < -0.3 is 9.13 Å². The summed E-state index contributed by atoms with van der Waals surface area (Å²) in [6.07, 6.45) is 0.845. The highest BCUT2D eigenvalue weighted by atomic mass is 32.1. The Labute approximate surface area is 685 Å². The molecule has 1 aliphatic carbocycles. The van der Waals surface area contributed by atoms with E-state index in [2.05, 4.69) is 373 Å². The van der Waals surface area contributed by atoms with E-state index in [0.717, 1.165) is 140 Å². The summed E-state index contributed by atoms with van der Waals surface area (Å²) < 4.78 is 7.44. The summed E-state index contributed by atoms with van der Waals surface area (Å²) >= 11 is 1.85. The normalized spacial score (nSPS) is 11.9. The standard InChI is InChI=1S/C109H68N8S/c1-6-23-68(24-7-1)71-45-49-77(50-46-71)106-111-107(115-108(114-106)86-57-83(70-27-10-3-11-28-70)59-88(61-86)117-99-39-20-17-36-91(99)96-67-103-97(66-101(96)117)92-37-18-21-40-102(92)118-103)78-51-47-73(48-52-78)72-41-43-74(44-42-72)81-53-54-82-56-85-64-95-90-35-16-19-38-98(90)116(100(95)65-94(85)93(82)63-81)89-60-84(80-34-22-33-79(55-80)69-25-8-2-9-26-69)58-87(62-89)109-112-104(75-29-12-4-13-30-75)110-105(113-109)76-31-14-5-15-32-76/h1-55,57-67H,56H2. The molecule has 22 aromatic rings. The summed E-state index contributed by atoms with van der Waals surface area (Å²) in [4.78, 5) is 32.0. The van der Waals surface area contributed by atoms with Crippen molar-refractivity contribution in [3.63, 3.8) is 0 Å². The van der Waals surface area contributed by atoms with Crippen molar-refractivity contribution in [3.05, 3.63) is 412 Å². The van der Waals surface area contributed by atoms with Gasteiger partial charge in [-0.25, -0.2) is 29.9 Å². The lowest BCUT2D eigenvalue weighted by Crippen LogP contribution is -2.02. The van der Waals surface area contributed by atoms with Crippen LogP contribution in [0.5, 0.6) is 0 Å². The third-order valence-electron chi connectivity index (χ3n) is 23.4. The maximum absolute atomic E-state index is 5.47. The van der Waals surface area contributed by atoms with Crippen LogP contribution in [0.2, 0.25) is 0 Å². The van der Waals surface area contributed by atoms with Crippen molar-refractivity contribution in [1.29, 1.82) is 0 Å². The second-order valence-electron chi connectivity index (χ2n) is 30.5. The molecule has 5 aromatic heterocycles. The molecule has 8 nitrogen and oxygen atoms in total. The molecule has 0 N–H and O–H groups in total. The number of fused-ring (bicyclic) bond motifs is 12. The molecule has 0 fully saturated rings. The number of hydrogen-bond acceptors (Lipinski definition) is 7. The van der Waals surface area contributed by atoms with E-state index in [1.807, 2.05) is 47.7 Å². The van der Waals surface area contributed by atoms with Crippen LogP contribution in [0.15, 0.2) is 400 Å². The van der Waals surface area contributed by atoms with Crippen molar-refractivity contribution in [2.75, 3.05) is 0 Å². The molecule has 0 aliphatic heterocycles. The van der Waals surface area contributed by atoms with E-state index < -0.39 is 0 Å². The fourth-order valence-corrected chi connectivity index (χ4v) is 18.7. The molecule has 0 atom stereocenters. The van der Waals surface area contributed by atoms with E-state index in [4.69, 9.17) is 29.9 Å². The zero-order valence-electron chi connectivity index (χ0n) is 63.8. The number of aromatic nitrogens is 8. The minimum Gasteiger partial charge on any atom is -0.309 e. The first-order chi connectivity index (χ1) is 58.4. The molecule has 118 heavy (non-hydrogen) atoms. The van der Waals surface area contributed by atoms with Crippen LogP contribution in [0, 0.1) is 0 Å². The Balaban J connectivity index is 0.602. The molecular formula is C109H68N8S. The van der Waals surface area contributed by atoms with Crippen LogP contribution in [0.1, 0.15) is 11.1 Å². The quantitative estimate of drug-likeness (QED) is 0.108. The molecule has 17 aromatic carbocycles. The molecule has 0 radical (unpaired) electrons. The Hall–Kier alpha value is -15.4. The predicted molar refractivity (Wildman–Crippen MR) is 488 cm³/mol. The van der Waals surface area contributed by atoms with Crippen LogP contribution in [0.3, 0.4) is 0 Å². The Morgan fingerprint density at radius 3 is 1.01 bits per heavy atom. The summed E-state index contributed by atoms with van der Waals surface area (Å²) in [6, 6.07) is 144. The number of nitrogens with zero attached hydrogens (tertiary/aromatic N) is 8. The fourth-order valence-electron chi connectivity index (χ4n) is 17.6. The average molecular weight is 1520 g/mol. The lowest BCUT2D eigenvalue weighted by atomic mass is 9.96. The van der Waals surface area contributed by atoms with Gasteiger partial charge in [0.2, 0.25) is 0 Å². The second-order valence-corrected chi connectivity index (χ2v) is 31.6. The van der Waals surface area contributed by atoms with Crippen LogP contribution in [-0.2, 0) is 6.42 Å². The molecule has 9 heteroatoms. The minimum atomic E-state index is 0.579. The van der Waals surface area contributed by atoms with Gasteiger partial charge in [-0.1, -0.05) is 309 Å². The van der Waals surface area contributed by atoms with Gasteiger partial charge in [0.25, 0.3) is 0 Å². The van der Waals surface area contributed by atoms with Gasteiger partial charge in [-0.15, -0.1) is 11.3 Å². The van der Waals surface area contributed by atoms with Crippen LogP contribution < -0.4 is 0 Å². The van der Waals surface area contributed by atoms with Gasteiger partial charge in [-0.05, 0) is 186 Å². The number of rotatable bonds is 14. The van der Waals surface area contributed by atoms with E-state index >= 15 is 0 Å². The van der Waals surface area contributed by atoms with Crippen molar-refractivity contribution in [2.24, 2.45) is 0 Å². The van der Waals surface area contributed by atoms with E-state index in [1.165, 1.54) is 64.0 Å². The van der Waals surface area contributed by atoms with Crippen molar-refractivity contribution >= 4 is 75.1 Å². The highest BCUT2D eigenvalue weighted by molar-refractivity contribution is 7.25. The molecular weight excluding hydrogens is 1450 g/mol. The molecule has 5 heterocycles. The Morgan fingerprint density at radius 1 is 0.178 bits per heavy atom. The zero-order valence-corrected chi connectivity index (χ0v) is 64.6. The summed E-state index contributed by atoms with van der Waals surface area (Å²) in [5, 5.41) is 7.33. The SMILES string of the molecule is c1ccc(-c2ccc(-c3nc(-c4ccc(-c5ccc(-c6ccc7c(c6)-c6cc8c(cc6C7)c6ccccc6n8-c6cc(-c7cccc(-c8ccccc8)c7)cc(-c7nc(-c8ccccc8)nc(-c8ccccc8)n7)c6)cc5)cc4)nc(-c4cc(-c5ccccc5)cc(-n5c6ccccc6c6cc7sc8ccccc8c7cc65)c4)n3)cc2)cc1. The summed E-state index contributed by atoms with van der Waals surface area (Å²) in [5.74, 6) is 3.57. The van der Waals surface area contributed by atoms with Crippen LogP contribution in [0.25, 0.3) is 221 Å². The second kappa shape index (κ2) is 28.3. The first-order valence-corrected chi connectivity index (χ1v) is 40.8. The van der Waals surface area contributed by atoms with Gasteiger partial charge in [0, 0.05) is 86.5 Å². The molecule has 23 rings (SSSR count). The molecule has 550 valence electrons. The number of para-hydroxylation sites is 2. The molecule has 0 amide bonds. The van der Waals surface area contributed by atoms with E-state index in [-0.39, 0.29) is 0 Å². The van der Waals surface area contributed by atoms with Crippen molar-refractivity contribution in [3.8, 4) is 158 Å². The highest BCUT2D eigenvalue weighted by Crippen LogP contribution is 2.47. The lowest BCUT2D eigenvalue weighted by Gasteiger charge is -2.15. The summed E-state index contributed by atoms with van der Waals surface area (Å²) in [5.41, 5.74) is 30.4. The fraction of sp³-hybridized carbons (Fsp3) is 0.00917.